The second-order valence-corrected chi connectivity index (χ2v) is 7.25. The van der Waals surface area contributed by atoms with E-state index in [9.17, 15) is 4.79 Å². The molecule has 27 heavy (non-hydrogen) atoms. The molecule has 4 nitrogen and oxygen atoms in total. The molecule has 0 saturated carbocycles. The number of rotatable bonds is 7. The van der Waals surface area contributed by atoms with Crippen molar-refractivity contribution in [1.29, 1.82) is 0 Å². The van der Waals surface area contributed by atoms with E-state index in [2.05, 4.69) is 77.9 Å². The van der Waals surface area contributed by atoms with Gasteiger partial charge in [0.05, 0.1) is 6.04 Å². The van der Waals surface area contributed by atoms with Crippen molar-refractivity contribution in [2.75, 3.05) is 13.1 Å². The number of fused-ring (bicyclic) bond motifs is 1. The van der Waals surface area contributed by atoms with E-state index in [0.29, 0.717) is 6.54 Å². The van der Waals surface area contributed by atoms with Crippen molar-refractivity contribution >= 4 is 6.03 Å². The van der Waals surface area contributed by atoms with Gasteiger partial charge in [0, 0.05) is 13.1 Å². The number of urea groups is 1. The third kappa shape index (κ3) is 5.33. The number of aryl methyl sites for hydroxylation is 1. The molecule has 1 aliphatic rings. The monoisotopic (exact) mass is 365 g/mol. The standard InChI is InChI=1S/C23H31N3O/c1-3-26(4-2)17-19-14-12-18(13-15-19)16-24-23(27)25-22-11-7-9-20-8-5-6-10-21(20)22/h5-6,8,10,12-15,22H,3-4,7,9,11,16-17H2,1-2H3,(H2,24,25,27). The Balaban J connectivity index is 1.50. The van der Waals surface area contributed by atoms with Crippen LogP contribution in [0.3, 0.4) is 0 Å². The van der Waals surface area contributed by atoms with Crippen molar-refractivity contribution in [3.05, 3.63) is 70.8 Å². The van der Waals surface area contributed by atoms with Gasteiger partial charge >= 0.3 is 6.03 Å². The first-order valence-electron chi connectivity index (χ1n) is 10.1. The van der Waals surface area contributed by atoms with Gasteiger partial charge in [0.15, 0.2) is 0 Å². The van der Waals surface area contributed by atoms with Crippen LogP contribution >= 0.6 is 0 Å². The summed E-state index contributed by atoms with van der Waals surface area (Å²) < 4.78 is 0. The highest BCUT2D eigenvalue weighted by Gasteiger charge is 2.21. The lowest BCUT2D eigenvalue weighted by Gasteiger charge is -2.26. The summed E-state index contributed by atoms with van der Waals surface area (Å²) in [5.74, 6) is 0. The average molecular weight is 366 g/mol. The Morgan fingerprint density at radius 1 is 1.04 bits per heavy atom. The fourth-order valence-electron chi connectivity index (χ4n) is 3.76. The number of nitrogens with zero attached hydrogens (tertiary/aromatic N) is 1. The lowest BCUT2D eigenvalue weighted by atomic mass is 9.88. The maximum Gasteiger partial charge on any atom is 0.315 e. The van der Waals surface area contributed by atoms with Crippen LogP contribution in [-0.4, -0.2) is 24.0 Å². The second-order valence-electron chi connectivity index (χ2n) is 7.25. The fraction of sp³-hybridized carbons (Fsp3) is 0.435. The highest BCUT2D eigenvalue weighted by Crippen LogP contribution is 2.29. The summed E-state index contributed by atoms with van der Waals surface area (Å²) in [6.07, 6.45) is 3.23. The largest absolute Gasteiger partial charge is 0.334 e. The van der Waals surface area contributed by atoms with Gasteiger partial charge in [-0.25, -0.2) is 4.79 Å². The zero-order valence-corrected chi connectivity index (χ0v) is 16.5. The van der Waals surface area contributed by atoms with E-state index in [1.807, 2.05) is 0 Å². The number of hydrogen-bond acceptors (Lipinski definition) is 2. The predicted molar refractivity (Wildman–Crippen MR) is 111 cm³/mol. The molecule has 2 N–H and O–H groups in total. The van der Waals surface area contributed by atoms with Crippen LogP contribution in [-0.2, 0) is 19.5 Å². The highest BCUT2D eigenvalue weighted by molar-refractivity contribution is 5.74. The summed E-state index contributed by atoms with van der Waals surface area (Å²) in [6, 6.07) is 17.0. The maximum absolute atomic E-state index is 12.4. The molecular formula is C23H31N3O. The molecule has 0 heterocycles. The van der Waals surface area contributed by atoms with Crippen molar-refractivity contribution < 1.29 is 4.79 Å². The van der Waals surface area contributed by atoms with Crippen molar-refractivity contribution in [2.45, 2.75) is 52.2 Å². The van der Waals surface area contributed by atoms with E-state index in [4.69, 9.17) is 0 Å². The quantitative estimate of drug-likeness (QED) is 0.763. The van der Waals surface area contributed by atoms with Gasteiger partial charge in [-0.3, -0.25) is 4.90 Å². The number of benzene rings is 2. The molecule has 1 atom stereocenters. The van der Waals surface area contributed by atoms with Gasteiger partial charge in [-0.05, 0) is 54.6 Å². The van der Waals surface area contributed by atoms with Crippen LogP contribution in [0.5, 0.6) is 0 Å². The first kappa shape index (κ1) is 19.4. The van der Waals surface area contributed by atoms with Crippen LogP contribution in [0, 0.1) is 0 Å². The van der Waals surface area contributed by atoms with Crippen LogP contribution in [0.15, 0.2) is 48.5 Å². The minimum absolute atomic E-state index is 0.0936. The molecule has 4 heteroatoms. The summed E-state index contributed by atoms with van der Waals surface area (Å²) in [5.41, 5.74) is 5.06. The number of carbonyl (C=O) groups is 1. The van der Waals surface area contributed by atoms with Crippen LogP contribution in [0.1, 0.15) is 55.0 Å². The zero-order valence-electron chi connectivity index (χ0n) is 16.5. The topological polar surface area (TPSA) is 44.4 Å². The van der Waals surface area contributed by atoms with Gasteiger partial charge in [0.2, 0.25) is 0 Å². The first-order chi connectivity index (χ1) is 13.2. The molecule has 0 saturated heterocycles. The zero-order chi connectivity index (χ0) is 19.1. The third-order valence-electron chi connectivity index (χ3n) is 5.45. The molecule has 3 rings (SSSR count). The van der Waals surface area contributed by atoms with Gasteiger partial charge in [-0.2, -0.15) is 0 Å². The molecule has 1 aliphatic carbocycles. The molecule has 2 amide bonds. The SMILES string of the molecule is CCN(CC)Cc1ccc(CNC(=O)NC2CCCc3ccccc32)cc1. The minimum Gasteiger partial charge on any atom is -0.334 e. The molecule has 0 bridgehead atoms. The summed E-state index contributed by atoms with van der Waals surface area (Å²) in [4.78, 5) is 14.7. The van der Waals surface area contributed by atoms with Crippen molar-refractivity contribution in [2.24, 2.45) is 0 Å². The number of amides is 2. The first-order valence-corrected chi connectivity index (χ1v) is 10.1. The summed E-state index contributed by atoms with van der Waals surface area (Å²) in [5, 5.41) is 6.14. The number of hydrogen-bond donors (Lipinski definition) is 2. The number of nitrogens with one attached hydrogen (secondary N) is 2. The average Bonchev–Trinajstić information content (AvgIpc) is 2.71. The van der Waals surface area contributed by atoms with Crippen LogP contribution in [0.25, 0.3) is 0 Å². The van der Waals surface area contributed by atoms with Crippen molar-refractivity contribution in [1.82, 2.24) is 15.5 Å². The molecule has 0 aliphatic heterocycles. The van der Waals surface area contributed by atoms with E-state index >= 15 is 0 Å². The van der Waals surface area contributed by atoms with E-state index in [1.54, 1.807) is 0 Å². The molecule has 0 spiro atoms. The van der Waals surface area contributed by atoms with E-state index in [-0.39, 0.29) is 12.1 Å². The van der Waals surface area contributed by atoms with Gasteiger partial charge in [-0.1, -0.05) is 62.4 Å². The lowest BCUT2D eigenvalue weighted by Crippen LogP contribution is -2.38. The Labute approximate surface area is 163 Å². The van der Waals surface area contributed by atoms with Crippen molar-refractivity contribution in [3.63, 3.8) is 0 Å². The molecule has 144 valence electrons. The summed E-state index contributed by atoms with van der Waals surface area (Å²) in [6.45, 7) is 8.01. The molecule has 0 fully saturated rings. The molecule has 0 radical (unpaired) electrons. The lowest BCUT2D eigenvalue weighted by molar-refractivity contribution is 0.235. The molecule has 2 aromatic rings. The molecule has 1 unspecified atom stereocenters. The predicted octanol–water partition coefficient (Wildman–Crippen LogP) is 4.41. The van der Waals surface area contributed by atoms with E-state index in [1.165, 1.54) is 16.7 Å². The van der Waals surface area contributed by atoms with Gasteiger partial charge in [0.1, 0.15) is 0 Å². The number of carbonyl (C=O) groups excluding carboxylic acids is 1. The third-order valence-corrected chi connectivity index (χ3v) is 5.45. The Morgan fingerprint density at radius 2 is 1.74 bits per heavy atom. The second kappa shape index (κ2) is 9.56. The minimum atomic E-state index is -0.0936. The summed E-state index contributed by atoms with van der Waals surface area (Å²) in [7, 11) is 0. The highest BCUT2D eigenvalue weighted by atomic mass is 16.2. The Kier molecular flexibility index (Phi) is 6.88. The maximum atomic E-state index is 12.4. The van der Waals surface area contributed by atoms with Crippen LogP contribution < -0.4 is 10.6 Å². The van der Waals surface area contributed by atoms with Gasteiger partial charge < -0.3 is 10.6 Å². The van der Waals surface area contributed by atoms with Crippen molar-refractivity contribution in [3.8, 4) is 0 Å². The molecule has 2 aromatic carbocycles. The normalized spacial score (nSPS) is 16.0. The van der Waals surface area contributed by atoms with Gasteiger partial charge in [0.25, 0.3) is 0 Å². The Hall–Kier alpha value is -2.33. The van der Waals surface area contributed by atoms with E-state index in [0.717, 1.165) is 44.5 Å². The Morgan fingerprint density at radius 3 is 2.48 bits per heavy atom. The smallest absolute Gasteiger partial charge is 0.315 e. The Bertz CT molecular complexity index is 738. The molecule has 0 aromatic heterocycles. The van der Waals surface area contributed by atoms with Crippen LogP contribution in [0.2, 0.25) is 0 Å². The fourth-order valence-corrected chi connectivity index (χ4v) is 3.76. The molecular weight excluding hydrogens is 334 g/mol. The van der Waals surface area contributed by atoms with E-state index < -0.39 is 0 Å². The van der Waals surface area contributed by atoms with Crippen LogP contribution in [0.4, 0.5) is 4.79 Å². The van der Waals surface area contributed by atoms with Gasteiger partial charge in [-0.15, -0.1) is 0 Å². The summed E-state index contributed by atoms with van der Waals surface area (Å²) >= 11 is 0.